The van der Waals surface area contributed by atoms with Crippen LogP contribution in [0, 0.1) is 0 Å². The zero-order chi connectivity index (χ0) is 19.4. The Bertz CT molecular complexity index is 544. The molecule has 156 valence electrons. The Morgan fingerprint density at radius 2 is 1.89 bits per heavy atom. The lowest BCUT2D eigenvalue weighted by atomic mass is 10.2. The van der Waals surface area contributed by atoms with Gasteiger partial charge in [0.25, 0.3) is 0 Å². The molecular weight excluding hydrogens is 465 g/mol. The van der Waals surface area contributed by atoms with E-state index in [4.69, 9.17) is 0 Å². The van der Waals surface area contributed by atoms with Gasteiger partial charge in [0.2, 0.25) is 0 Å². The second-order valence-electron chi connectivity index (χ2n) is 6.39. The number of rotatable bonds is 11. The normalized spacial score (nSPS) is 11.7. The van der Waals surface area contributed by atoms with Gasteiger partial charge in [-0.3, -0.25) is 0 Å². The first-order valence-corrected chi connectivity index (χ1v) is 9.19. The molecule has 1 aromatic carbocycles. The highest BCUT2D eigenvalue weighted by atomic mass is 127. The quantitative estimate of drug-likeness (QED) is 0.209. The van der Waals surface area contributed by atoms with Crippen molar-refractivity contribution >= 4 is 29.9 Å². The number of para-hydroxylation sites is 1. The number of nitrogens with one attached hydrogen (secondary N) is 2. The molecule has 5 nitrogen and oxygen atoms in total. The lowest BCUT2D eigenvalue weighted by Gasteiger charge is -2.20. The van der Waals surface area contributed by atoms with E-state index < -0.39 is 6.61 Å². The molecule has 0 unspecified atom stereocenters. The maximum Gasteiger partial charge on any atom is 0.387 e. The second kappa shape index (κ2) is 14.8. The predicted molar refractivity (Wildman–Crippen MR) is 118 cm³/mol. The van der Waals surface area contributed by atoms with Crippen LogP contribution in [0.15, 0.2) is 29.3 Å². The summed E-state index contributed by atoms with van der Waals surface area (Å²) in [5, 5.41) is 6.46. The monoisotopic (exact) mass is 498 g/mol. The molecule has 0 fully saturated rings. The Hall–Kier alpha value is -1.16. The first-order chi connectivity index (χ1) is 12.4. The summed E-state index contributed by atoms with van der Waals surface area (Å²) in [5.41, 5.74) is 0.628. The number of hydrogen-bond acceptors (Lipinski definition) is 3. The standard InChI is InChI=1S/C19H32F2N4O.HI/c1-5-22-19(23-12-8-9-13-25(4)15(2)3)24-14-16-10-6-7-11-17(16)26-18(20)21;/h6-7,10-11,15,18H,5,8-9,12-14H2,1-4H3,(H2,22,23,24);1H. The molecule has 0 radical (unpaired) electrons. The molecule has 0 saturated heterocycles. The summed E-state index contributed by atoms with van der Waals surface area (Å²) >= 11 is 0. The average Bonchev–Trinajstić information content (AvgIpc) is 2.59. The summed E-state index contributed by atoms with van der Waals surface area (Å²) in [7, 11) is 2.13. The highest BCUT2D eigenvalue weighted by Crippen LogP contribution is 2.20. The van der Waals surface area contributed by atoms with Crippen LogP contribution in [0.3, 0.4) is 0 Å². The largest absolute Gasteiger partial charge is 0.434 e. The van der Waals surface area contributed by atoms with Crippen LogP contribution in [-0.4, -0.2) is 50.2 Å². The van der Waals surface area contributed by atoms with E-state index in [9.17, 15) is 8.78 Å². The molecule has 0 amide bonds. The molecular formula is C19H33F2IN4O. The zero-order valence-corrected chi connectivity index (χ0v) is 19.0. The molecule has 2 N–H and O–H groups in total. The number of aliphatic imine (C=N–C) groups is 1. The van der Waals surface area contributed by atoms with Crippen molar-refractivity contribution in [3.05, 3.63) is 29.8 Å². The van der Waals surface area contributed by atoms with Gasteiger partial charge in [0.05, 0.1) is 6.54 Å². The van der Waals surface area contributed by atoms with Gasteiger partial charge in [0.1, 0.15) is 5.75 Å². The number of nitrogens with zero attached hydrogens (tertiary/aromatic N) is 2. The van der Waals surface area contributed by atoms with E-state index >= 15 is 0 Å². The van der Waals surface area contributed by atoms with Gasteiger partial charge >= 0.3 is 6.61 Å². The molecule has 0 saturated carbocycles. The minimum absolute atomic E-state index is 0. The molecule has 1 rings (SSSR count). The fraction of sp³-hybridized carbons (Fsp3) is 0.632. The number of halogens is 3. The minimum Gasteiger partial charge on any atom is -0.434 e. The molecule has 8 heteroatoms. The minimum atomic E-state index is -2.84. The van der Waals surface area contributed by atoms with Gasteiger partial charge in [-0.15, -0.1) is 24.0 Å². The van der Waals surface area contributed by atoms with Gasteiger partial charge in [-0.2, -0.15) is 8.78 Å². The smallest absolute Gasteiger partial charge is 0.387 e. The van der Waals surface area contributed by atoms with Gasteiger partial charge in [-0.05, 0) is 53.3 Å². The topological polar surface area (TPSA) is 48.9 Å². The lowest BCUT2D eigenvalue weighted by molar-refractivity contribution is -0.0504. The number of alkyl halides is 2. The van der Waals surface area contributed by atoms with Gasteiger partial charge in [-0.1, -0.05) is 18.2 Å². The summed E-state index contributed by atoms with van der Waals surface area (Å²) in [6.45, 7) is 6.40. The molecule has 0 aliphatic rings. The van der Waals surface area contributed by atoms with Crippen molar-refractivity contribution < 1.29 is 13.5 Å². The molecule has 0 bridgehead atoms. The Kier molecular flexibility index (Phi) is 14.2. The third-order valence-corrected chi connectivity index (χ3v) is 4.05. The number of benzene rings is 1. The van der Waals surface area contributed by atoms with E-state index in [2.05, 4.69) is 46.2 Å². The van der Waals surface area contributed by atoms with E-state index in [1.54, 1.807) is 18.2 Å². The van der Waals surface area contributed by atoms with E-state index in [0.717, 1.165) is 32.5 Å². The van der Waals surface area contributed by atoms with Crippen molar-refractivity contribution in [2.45, 2.75) is 52.8 Å². The van der Waals surface area contributed by atoms with Gasteiger partial charge < -0.3 is 20.3 Å². The Morgan fingerprint density at radius 3 is 2.52 bits per heavy atom. The number of unbranched alkanes of at least 4 members (excludes halogenated alkanes) is 1. The molecule has 0 spiro atoms. The van der Waals surface area contributed by atoms with Crippen LogP contribution in [0.4, 0.5) is 8.78 Å². The summed E-state index contributed by atoms with van der Waals surface area (Å²) in [6.07, 6.45) is 2.14. The van der Waals surface area contributed by atoms with Crippen molar-refractivity contribution in [3.63, 3.8) is 0 Å². The molecule has 0 atom stereocenters. The van der Waals surface area contributed by atoms with Crippen LogP contribution >= 0.6 is 24.0 Å². The Balaban J connectivity index is 0.00000676. The Labute approximate surface area is 179 Å². The number of ether oxygens (including phenoxy) is 1. The van der Waals surface area contributed by atoms with Crippen LogP contribution in [0.2, 0.25) is 0 Å². The molecule has 0 aromatic heterocycles. The highest BCUT2D eigenvalue weighted by molar-refractivity contribution is 14.0. The van der Waals surface area contributed by atoms with Crippen LogP contribution in [0.25, 0.3) is 0 Å². The molecule has 1 aromatic rings. The van der Waals surface area contributed by atoms with Crippen LogP contribution in [0.5, 0.6) is 5.75 Å². The van der Waals surface area contributed by atoms with Crippen molar-refractivity contribution in [3.8, 4) is 5.75 Å². The lowest BCUT2D eigenvalue weighted by Crippen LogP contribution is -2.38. The highest BCUT2D eigenvalue weighted by Gasteiger charge is 2.09. The molecule has 0 heterocycles. The van der Waals surface area contributed by atoms with E-state index in [0.29, 0.717) is 17.6 Å². The van der Waals surface area contributed by atoms with E-state index in [1.807, 2.05) is 6.92 Å². The SMILES string of the molecule is CCNC(=NCc1ccccc1OC(F)F)NCCCCN(C)C(C)C.I. The second-order valence-corrected chi connectivity index (χ2v) is 6.39. The van der Waals surface area contributed by atoms with Gasteiger partial charge in [-0.25, -0.2) is 4.99 Å². The first kappa shape index (κ1) is 25.8. The average molecular weight is 498 g/mol. The fourth-order valence-electron chi connectivity index (χ4n) is 2.30. The summed E-state index contributed by atoms with van der Waals surface area (Å²) in [5.74, 6) is 0.843. The van der Waals surface area contributed by atoms with Crippen molar-refractivity contribution in [1.29, 1.82) is 0 Å². The van der Waals surface area contributed by atoms with Crippen LogP contribution in [-0.2, 0) is 6.54 Å². The molecule has 0 aliphatic carbocycles. The van der Waals surface area contributed by atoms with Gasteiger partial charge in [0, 0.05) is 24.7 Å². The van der Waals surface area contributed by atoms with Crippen molar-refractivity contribution in [2.24, 2.45) is 4.99 Å². The van der Waals surface area contributed by atoms with Gasteiger partial charge in [0.15, 0.2) is 5.96 Å². The van der Waals surface area contributed by atoms with Crippen molar-refractivity contribution in [1.82, 2.24) is 15.5 Å². The zero-order valence-electron chi connectivity index (χ0n) is 16.7. The first-order valence-electron chi connectivity index (χ1n) is 9.19. The van der Waals surface area contributed by atoms with Crippen molar-refractivity contribution in [2.75, 3.05) is 26.7 Å². The predicted octanol–water partition coefficient (Wildman–Crippen LogP) is 4.08. The number of hydrogen-bond donors (Lipinski definition) is 2. The third kappa shape index (κ3) is 11.3. The number of guanidine groups is 1. The maximum absolute atomic E-state index is 12.5. The summed E-state index contributed by atoms with van der Waals surface area (Å²) in [4.78, 5) is 6.79. The summed E-state index contributed by atoms with van der Waals surface area (Å²) < 4.78 is 29.5. The maximum atomic E-state index is 12.5. The van der Waals surface area contributed by atoms with Crippen LogP contribution in [0.1, 0.15) is 39.2 Å². The summed E-state index contributed by atoms with van der Waals surface area (Å²) in [6, 6.07) is 7.28. The van der Waals surface area contributed by atoms with E-state index in [1.165, 1.54) is 6.07 Å². The molecule has 0 aliphatic heterocycles. The van der Waals surface area contributed by atoms with E-state index in [-0.39, 0.29) is 36.3 Å². The van der Waals surface area contributed by atoms with Crippen LogP contribution < -0.4 is 15.4 Å². The third-order valence-electron chi connectivity index (χ3n) is 4.05. The molecule has 27 heavy (non-hydrogen) atoms. The Morgan fingerprint density at radius 1 is 1.19 bits per heavy atom. The fourth-order valence-corrected chi connectivity index (χ4v) is 2.30.